The van der Waals surface area contributed by atoms with Crippen molar-refractivity contribution >= 4 is 29.6 Å². The predicted octanol–water partition coefficient (Wildman–Crippen LogP) is 4.49. The second kappa shape index (κ2) is 6.58. The molecule has 0 amide bonds. The third kappa shape index (κ3) is 3.34. The Morgan fingerprint density at radius 1 is 1.06 bits per heavy atom. The SMILES string of the molecule is CCCc1ccc2cc(C(C)C)cccc1-2.[Na]. The zero-order chi connectivity index (χ0) is 11.5. The molecule has 0 aromatic rings. The van der Waals surface area contributed by atoms with Crippen LogP contribution in [0, 0.1) is 0 Å². The fourth-order valence-electron chi connectivity index (χ4n) is 2.21. The van der Waals surface area contributed by atoms with E-state index in [0.717, 1.165) is 0 Å². The fraction of sp³-hybridized carbons (Fsp3) is 0.375. The largest absolute Gasteiger partial charge is 0.0651 e. The van der Waals surface area contributed by atoms with Crippen molar-refractivity contribution in [1.82, 2.24) is 0 Å². The Kier molecular flexibility index (Phi) is 5.72. The topological polar surface area (TPSA) is 0 Å². The average molecular weight is 235 g/mol. The van der Waals surface area contributed by atoms with E-state index in [1.807, 2.05) is 0 Å². The van der Waals surface area contributed by atoms with Gasteiger partial charge in [0.25, 0.3) is 0 Å². The van der Waals surface area contributed by atoms with Crippen molar-refractivity contribution in [2.75, 3.05) is 0 Å². The molecule has 0 nitrogen and oxygen atoms in total. The van der Waals surface area contributed by atoms with Crippen LogP contribution in [-0.2, 0) is 6.42 Å². The molecule has 0 aromatic heterocycles. The number of hydrogen-bond acceptors (Lipinski definition) is 0. The number of rotatable bonds is 3. The van der Waals surface area contributed by atoms with Crippen LogP contribution in [-0.4, -0.2) is 29.6 Å². The predicted molar refractivity (Wildman–Crippen MR) is 76.9 cm³/mol. The van der Waals surface area contributed by atoms with Crippen molar-refractivity contribution < 1.29 is 0 Å². The summed E-state index contributed by atoms with van der Waals surface area (Å²) < 4.78 is 0. The second-order valence-corrected chi connectivity index (χ2v) is 4.80. The molecule has 0 N–H and O–H groups in total. The molecule has 0 aromatic carbocycles. The van der Waals surface area contributed by atoms with Crippen LogP contribution in [0.4, 0.5) is 0 Å². The fourth-order valence-corrected chi connectivity index (χ4v) is 2.21. The van der Waals surface area contributed by atoms with E-state index < -0.39 is 0 Å². The van der Waals surface area contributed by atoms with E-state index in [0.29, 0.717) is 5.92 Å². The van der Waals surface area contributed by atoms with Gasteiger partial charge in [0, 0.05) is 29.6 Å². The second-order valence-electron chi connectivity index (χ2n) is 4.80. The van der Waals surface area contributed by atoms with Crippen LogP contribution in [0.3, 0.4) is 0 Å². The van der Waals surface area contributed by atoms with Gasteiger partial charge in [-0.3, -0.25) is 0 Å². The summed E-state index contributed by atoms with van der Waals surface area (Å²) in [7, 11) is 0. The van der Waals surface area contributed by atoms with Gasteiger partial charge in [0.05, 0.1) is 0 Å². The van der Waals surface area contributed by atoms with E-state index >= 15 is 0 Å². The quantitative estimate of drug-likeness (QED) is 0.688. The number of fused-ring (bicyclic) bond motifs is 1. The normalized spacial score (nSPS) is 10.6. The summed E-state index contributed by atoms with van der Waals surface area (Å²) in [4.78, 5) is 0. The molecule has 2 rings (SSSR count). The smallest absolute Gasteiger partial charge is 0 e. The van der Waals surface area contributed by atoms with Crippen molar-refractivity contribution in [1.29, 1.82) is 0 Å². The van der Waals surface area contributed by atoms with Crippen molar-refractivity contribution in [2.24, 2.45) is 0 Å². The summed E-state index contributed by atoms with van der Waals surface area (Å²) >= 11 is 0. The summed E-state index contributed by atoms with van der Waals surface area (Å²) in [5.74, 6) is 0.597. The van der Waals surface area contributed by atoms with E-state index in [1.165, 1.54) is 35.1 Å². The van der Waals surface area contributed by atoms with Gasteiger partial charge in [-0.25, -0.2) is 0 Å². The Labute approximate surface area is 127 Å². The maximum atomic E-state index is 2.33. The van der Waals surface area contributed by atoms with Crippen LogP contribution in [0.1, 0.15) is 44.2 Å². The molecule has 85 valence electrons. The molecule has 0 bridgehead atoms. The van der Waals surface area contributed by atoms with E-state index in [2.05, 4.69) is 57.2 Å². The van der Waals surface area contributed by atoms with E-state index in [1.54, 1.807) is 0 Å². The molecule has 0 aliphatic heterocycles. The monoisotopic (exact) mass is 235 g/mol. The molecule has 2 aliphatic rings. The van der Waals surface area contributed by atoms with E-state index in [9.17, 15) is 0 Å². The first-order valence-electron chi connectivity index (χ1n) is 6.24. The summed E-state index contributed by atoms with van der Waals surface area (Å²) in [5.41, 5.74) is 5.72. The first kappa shape index (κ1) is 14.8. The van der Waals surface area contributed by atoms with Crippen LogP contribution in [0.2, 0.25) is 0 Å². The Hall–Kier alpha value is -0.300. The first-order chi connectivity index (χ1) is 7.72. The van der Waals surface area contributed by atoms with Crippen molar-refractivity contribution in [3.8, 4) is 11.1 Å². The Bertz CT molecular complexity index is 446. The minimum atomic E-state index is 0. The summed E-state index contributed by atoms with van der Waals surface area (Å²) in [6.45, 7) is 6.73. The van der Waals surface area contributed by atoms with Crippen LogP contribution >= 0.6 is 0 Å². The maximum absolute atomic E-state index is 2.33. The number of aryl methyl sites for hydroxylation is 1. The van der Waals surface area contributed by atoms with Crippen LogP contribution in [0.15, 0.2) is 36.4 Å². The zero-order valence-corrected chi connectivity index (χ0v) is 13.5. The summed E-state index contributed by atoms with van der Waals surface area (Å²) in [6, 6.07) is 13.5. The zero-order valence-electron chi connectivity index (χ0n) is 11.5. The van der Waals surface area contributed by atoms with Gasteiger partial charge in [0.2, 0.25) is 0 Å². The van der Waals surface area contributed by atoms with Gasteiger partial charge in [0.15, 0.2) is 0 Å². The molecule has 1 radical (unpaired) electrons. The summed E-state index contributed by atoms with van der Waals surface area (Å²) in [5, 5.41) is 0. The molecular formula is C16H20Na. The van der Waals surface area contributed by atoms with Gasteiger partial charge in [-0.05, 0) is 34.6 Å². The average Bonchev–Trinajstić information content (AvgIpc) is 2.50. The van der Waals surface area contributed by atoms with Crippen LogP contribution in [0.25, 0.3) is 11.1 Å². The van der Waals surface area contributed by atoms with E-state index in [-0.39, 0.29) is 29.6 Å². The Morgan fingerprint density at radius 3 is 2.47 bits per heavy atom. The van der Waals surface area contributed by atoms with Gasteiger partial charge in [-0.2, -0.15) is 0 Å². The third-order valence-electron chi connectivity index (χ3n) is 3.18. The maximum Gasteiger partial charge on any atom is 0 e. The molecule has 0 saturated heterocycles. The van der Waals surface area contributed by atoms with Crippen LogP contribution < -0.4 is 0 Å². The van der Waals surface area contributed by atoms with Gasteiger partial charge in [-0.1, -0.05) is 63.6 Å². The molecule has 2 aliphatic carbocycles. The third-order valence-corrected chi connectivity index (χ3v) is 3.18. The molecular weight excluding hydrogens is 215 g/mol. The van der Waals surface area contributed by atoms with Gasteiger partial charge >= 0.3 is 0 Å². The van der Waals surface area contributed by atoms with Gasteiger partial charge in [0.1, 0.15) is 0 Å². The molecule has 0 atom stereocenters. The molecule has 0 unspecified atom stereocenters. The van der Waals surface area contributed by atoms with Gasteiger partial charge < -0.3 is 0 Å². The van der Waals surface area contributed by atoms with Crippen molar-refractivity contribution in [3.05, 3.63) is 47.5 Å². The minimum Gasteiger partial charge on any atom is -0.0651 e. The number of hydrogen-bond donors (Lipinski definition) is 0. The van der Waals surface area contributed by atoms with Crippen molar-refractivity contribution in [3.63, 3.8) is 0 Å². The van der Waals surface area contributed by atoms with Crippen LogP contribution in [0.5, 0.6) is 0 Å². The molecule has 0 fully saturated rings. The minimum absolute atomic E-state index is 0. The van der Waals surface area contributed by atoms with E-state index in [4.69, 9.17) is 0 Å². The standard InChI is InChI=1S/C16H20.Na/c1-4-6-13-9-10-15-11-14(12(2)3)7-5-8-16(13)15;/h5,7-12H,4,6H2,1-3H3;. The first-order valence-corrected chi connectivity index (χ1v) is 6.24. The molecule has 1 heteroatoms. The van der Waals surface area contributed by atoms with Crippen molar-refractivity contribution in [2.45, 2.75) is 39.5 Å². The molecule has 0 spiro atoms. The molecule has 17 heavy (non-hydrogen) atoms. The summed E-state index contributed by atoms with van der Waals surface area (Å²) in [6.07, 6.45) is 2.40. The molecule has 0 heterocycles. The Morgan fingerprint density at radius 2 is 1.82 bits per heavy atom. The van der Waals surface area contributed by atoms with Gasteiger partial charge in [-0.15, -0.1) is 0 Å². The molecule has 0 saturated carbocycles. The Balaban J connectivity index is 0.00000144.